The normalized spacial score (nSPS) is 16.2. The molecular weight excluding hydrogens is 396 g/mol. The molecule has 1 aliphatic rings. The number of carbonyl (C=O) groups is 2. The van der Waals surface area contributed by atoms with Crippen LogP contribution < -0.4 is 4.90 Å². The molecule has 0 radical (unpaired) electrons. The number of ether oxygens (including phenoxy) is 1. The molecule has 0 bridgehead atoms. The monoisotopic (exact) mass is 414 g/mol. The molecule has 2 aromatic carbocycles. The number of hydrogen-bond donors (Lipinski definition) is 0. The highest BCUT2D eigenvalue weighted by atomic mass is 35.5. The van der Waals surface area contributed by atoms with Crippen molar-refractivity contribution in [2.75, 3.05) is 11.5 Å². The van der Waals surface area contributed by atoms with Crippen molar-refractivity contribution in [2.45, 2.75) is 19.1 Å². The molecule has 2 aromatic rings. The highest BCUT2D eigenvalue weighted by molar-refractivity contribution is 8.15. The second-order valence-corrected chi connectivity index (χ2v) is 7.71. The highest BCUT2D eigenvalue weighted by Gasteiger charge is 2.34. The van der Waals surface area contributed by atoms with Crippen molar-refractivity contribution in [3.63, 3.8) is 0 Å². The fourth-order valence-corrected chi connectivity index (χ4v) is 3.70. The first kappa shape index (κ1) is 20.2. The van der Waals surface area contributed by atoms with Crippen LogP contribution in [-0.4, -0.2) is 28.9 Å². The third kappa shape index (κ3) is 4.64. The Morgan fingerprint density at radius 2 is 2.00 bits per heavy atom. The number of amidine groups is 1. The fraction of sp³-hybridized carbons (Fsp3) is 0.190. The quantitative estimate of drug-likeness (QED) is 0.522. The summed E-state index contributed by atoms with van der Waals surface area (Å²) < 4.78 is 5.07. The van der Waals surface area contributed by atoms with Crippen LogP contribution >= 0.6 is 23.4 Å². The van der Waals surface area contributed by atoms with E-state index in [1.807, 2.05) is 30.3 Å². The van der Waals surface area contributed by atoms with Crippen molar-refractivity contribution >= 4 is 52.2 Å². The summed E-state index contributed by atoms with van der Waals surface area (Å²) in [7, 11) is 0. The van der Waals surface area contributed by atoms with Gasteiger partial charge in [-0.1, -0.05) is 59.8 Å². The summed E-state index contributed by atoms with van der Waals surface area (Å²) in [5, 5.41) is 0.410. The Hall–Kier alpha value is -2.57. The first-order chi connectivity index (χ1) is 13.5. The Balaban J connectivity index is 1.97. The van der Waals surface area contributed by atoms with Crippen LogP contribution in [0, 0.1) is 0 Å². The van der Waals surface area contributed by atoms with E-state index in [1.165, 1.54) is 16.7 Å². The van der Waals surface area contributed by atoms with Crippen LogP contribution in [0.1, 0.15) is 19.4 Å². The van der Waals surface area contributed by atoms with Crippen molar-refractivity contribution in [3.05, 3.63) is 70.9 Å². The van der Waals surface area contributed by atoms with Gasteiger partial charge < -0.3 is 4.74 Å². The van der Waals surface area contributed by atoms with Crippen LogP contribution in [0.3, 0.4) is 0 Å². The summed E-state index contributed by atoms with van der Waals surface area (Å²) in [6, 6.07) is 16.4. The number of hydrogen-bond acceptors (Lipinski definition) is 5. The Bertz CT molecular complexity index is 944. The van der Waals surface area contributed by atoms with Crippen molar-refractivity contribution in [2.24, 2.45) is 4.99 Å². The molecule has 7 heteroatoms. The fourth-order valence-electron chi connectivity index (χ4n) is 2.59. The van der Waals surface area contributed by atoms with E-state index >= 15 is 0 Å². The van der Waals surface area contributed by atoms with Crippen LogP contribution in [0.15, 0.2) is 65.3 Å². The molecule has 1 heterocycles. The molecular formula is C21H19ClN2O3S. The first-order valence-electron chi connectivity index (χ1n) is 8.78. The van der Waals surface area contributed by atoms with E-state index in [4.69, 9.17) is 16.3 Å². The predicted octanol–water partition coefficient (Wildman–Crippen LogP) is 4.77. The molecule has 0 fully saturated rings. The SMILES string of the molecule is CCOC(=O)C(C)SC1=N/C(=C\c2ccccc2)C(=O)N1c1cccc(Cl)c1. The molecule has 0 aromatic heterocycles. The number of halogens is 1. The average Bonchev–Trinajstić information content (AvgIpc) is 2.97. The topological polar surface area (TPSA) is 59.0 Å². The van der Waals surface area contributed by atoms with Gasteiger partial charge in [-0.3, -0.25) is 14.5 Å². The van der Waals surface area contributed by atoms with E-state index in [1.54, 1.807) is 44.2 Å². The molecule has 28 heavy (non-hydrogen) atoms. The van der Waals surface area contributed by atoms with Crippen LogP contribution in [-0.2, 0) is 14.3 Å². The van der Waals surface area contributed by atoms with Crippen LogP contribution in [0.4, 0.5) is 5.69 Å². The van der Waals surface area contributed by atoms with Crippen molar-refractivity contribution in [1.82, 2.24) is 0 Å². The van der Waals surface area contributed by atoms with Crippen molar-refractivity contribution < 1.29 is 14.3 Å². The summed E-state index contributed by atoms with van der Waals surface area (Å²) in [4.78, 5) is 31.1. The minimum Gasteiger partial charge on any atom is -0.465 e. The Kier molecular flexibility index (Phi) is 6.54. The summed E-state index contributed by atoms with van der Waals surface area (Å²) in [6.45, 7) is 3.78. The third-order valence-corrected chi connectivity index (χ3v) is 5.17. The maximum atomic E-state index is 13.1. The van der Waals surface area contributed by atoms with Gasteiger partial charge >= 0.3 is 5.97 Å². The molecule has 5 nitrogen and oxygen atoms in total. The highest BCUT2D eigenvalue weighted by Crippen LogP contribution is 2.32. The van der Waals surface area contributed by atoms with E-state index in [9.17, 15) is 9.59 Å². The Morgan fingerprint density at radius 3 is 2.68 bits per heavy atom. The minimum absolute atomic E-state index is 0.273. The zero-order valence-electron chi connectivity index (χ0n) is 15.5. The molecule has 0 aliphatic carbocycles. The van der Waals surface area contributed by atoms with Gasteiger partial charge in [-0.05, 0) is 43.7 Å². The second kappa shape index (κ2) is 9.08. The van der Waals surface area contributed by atoms with Gasteiger partial charge in [0, 0.05) is 5.02 Å². The lowest BCUT2D eigenvalue weighted by atomic mass is 10.2. The number of rotatable bonds is 5. The molecule has 0 spiro atoms. The molecule has 144 valence electrons. The van der Waals surface area contributed by atoms with Gasteiger partial charge in [0.15, 0.2) is 5.17 Å². The molecule has 0 saturated carbocycles. The van der Waals surface area contributed by atoms with Gasteiger partial charge in [-0.25, -0.2) is 4.99 Å². The number of nitrogens with zero attached hydrogens (tertiary/aromatic N) is 2. The van der Waals surface area contributed by atoms with Gasteiger partial charge in [0.2, 0.25) is 0 Å². The van der Waals surface area contributed by atoms with E-state index in [0.29, 0.717) is 28.2 Å². The molecule has 1 atom stereocenters. The van der Waals surface area contributed by atoms with Gasteiger partial charge in [0.05, 0.1) is 12.3 Å². The number of anilines is 1. The van der Waals surface area contributed by atoms with Gasteiger partial charge in [0.1, 0.15) is 10.9 Å². The molecule has 0 N–H and O–H groups in total. The van der Waals surface area contributed by atoms with Crippen molar-refractivity contribution in [3.8, 4) is 0 Å². The molecule has 3 rings (SSSR count). The Labute approximate surface area is 173 Å². The first-order valence-corrected chi connectivity index (χ1v) is 10.0. The molecule has 0 saturated heterocycles. The Morgan fingerprint density at radius 1 is 1.25 bits per heavy atom. The van der Waals surface area contributed by atoms with Crippen LogP contribution in [0.25, 0.3) is 6.08 Å². The molecule has 1 aliphatic heterocycles. The summed E-state index contributed by atoms with van der Waals surface area (Å²) in [5.41, 5.74) is 1.76. The average molecular weight is 415 g/mol. The molecule has 1 amide bonds. The van der Waals surface area contributed by atoms with Gasteiger partial charge in [-0.2, -0.15) is 0 Å². The lowest BCUT2D eigenvalue weighted by Crippen LogP contribution is -2.32. The summed E-state index contributed by atoms with van der Waals surface area (Å²) in [5.74, 6) is -0.626. The maximum Gasteiger partial charge on any atom is 0.319 e. The standard InChI is InChI=1S/C21H19ClN2O3S/c1-3-27-20(26)14(2)28-21-23-18(12-15-8-5-4-6-9-15)19(25)24(21)17-11-7-10-16(22)13-17/h4-14H,3H2,1-2H3/b18-12-. The summed E-state index contributed by atoms with van der Waals surface area (Å²) >= 11 is 7.29. The van der Waals surface area contributed by atoms with Gasteiger partial charge in [0.25, 0.3) is 5.91 Å². The number of esters is 1. The second-order valence-electron chi connectivity index (χ2n) is 5.97. The lowest BCUT2D eigenvalue weighted by Gasteiger charge is -2.19. The van der Waals surface area contributed by atoms with Crippen LogP contribution in [0.2, 0.25) is 5.02 Å². The number of benzene rings is 2. The van der Waals surface area contributed by atoms with Crippen LogP contribution in [0.5, 0.6) is 0 Å². The van der Waals surface area contributed by atoms with Crippen molar-refractivity contribution in [1.29, 1.82) is 0 Å². The minimum atomic E-state index is -0.510. The van der Waals surface area contributed by atoms with E-state index < -0.39 is 5.25 Å². The van der Waals surface area contributed by atoms with E-state index in [0.717, 1.165) is 5.56 Å². The lowest BCUT2D eigenvalue weighted by molar-refractivity contribution is -0.142. The zero-order chi connectivity index (χ0) is 20.1. The number of carbonyl (C=O) groups excluding carboxylic acids is 2. The van der Waals surface area contributed by atoms with Gasteiger partial charge in [-0.15, -0.1) is 0 Å². The summed E-state index contributed by atoms with van der Waals surface area (Å²) in [6.07, 6.45) is 1.72. The largest absolute Gasteiger partial charge is 0.465 e. The molecule has 1 unspecified atom stereocenters. The van der Waals surface area contributed by atoms with E-state index in [-0.39, 0.29) is 11.9 Å². The smallest absolute Gasteiger partial charge is 0.319 e. The van der Waals surface area contributed by atoms with E-state index in [2.05, 4.69) is 4.99 Å². The zero-order valence-corrected chi connectivity index (χ0v) is 17.0. The maximum absolute atomic E-state index is 13.1. The number of thioether (sulfide) groups is 1. The number of aliphatic imine (C=N–C) groups is 1. The number of amides is 1. The predicted molar refractivity (Wildman–Crippen MR) is 114 cm³/mol. The third-order valence-electron chi connectivity index (χ3n) is 3.90.